The average Bonchev–Trinajstić information content (AvgIpc) is 2.72. The van der Waals surface area contributed by atoms with Crippen molar-refractivity contribution < 1.29 is 0 Å². The van der Waals surface area contributed by atoms with Crippen LogP contribution in [0.2, 0.25) is 0 Å². The molecule has 1 unspecified atom stereocenters. The summed E-state index contributed by atoms with van der Waals surface area (Å²) in [5.41, 5.74) is 7.24. The van der Waals surface area contributed by atoms with Crippen LogP contribution in [-0.2, 0) is 5.41 Å². The van der Waals surface area contributed by atoms with Gasteiger partial charge < -0.3 is 0 Å². The lowest BCUT2D eigenvalue weighted by molar-refractivity contribution is 0.457. The molecule has 4 aromatic rings. The fourth-order valence-corrected chi connectivity index (χ4v) is 4.22. The second-order valence-electron chi connectivity index (χ2n) is 7.66. The molecule has 1 aromatic heterocycles. The second kappa shape index (κ2) is 5.98. The number of hydrazine groups is 1. The van der Waals surface area contributed by atoms with Gasteiger partial charge in [0.15, 0.2) is 5.82 Å². The third-order valence-corrected chi connectivity index (χ3v) is 5.98. The zero-order valence-electron chi connectivity index (χ0n) is 15.7. The molecule has 2 heterocycles. The highest BCUT2D eigenvalue weighted by atomic mass is 15.5. The summed E-state index contributed by atoms with van der Waals surface area (Å²) in [5, 5.41) is 5.89. The van der Waals surface area contributed by atoms with Crippen LogP contribution in [0, 0.1) is 0 Å². The summed E-state index contributed by atoms with van der Waals surface area (Å²) >= 11 is 0. The van der Waals surface area contributed by atoms with Gasteiger partial charge in [0.2, 0.25) is 0 Å². The number of hydrogen-bond donors (Lipinski definition) is 1. The molecule has 0 saturated heterocycles. The minimum atomic E-state index is -0.00447. The van der Waals surface area contributed by atoms with Crippen LogP contribution < -0.4 is 10.4 Å². The Hall–Kier alpha value is -3.07. The number of para-hydroxylation sites is 2. The minimum Gasteiger partial charge on any atom is -0.286 e. The maximum absolute atomic E-state index is 5.11. The predicted molar refractivity (Wildman–Crippen MR) is 114 cm³/mol. The van der Waals surface area contributed by atoms with Crippen molar-refractivity contribution in [2.75, 3.05) is 17.0 Å². The second-order valence-corrected chi connectivity index (χ2v) is 7.66. The van der Waals surface area contributed by atoms with Crippen LogP contribution in [0.25, 0.3) is 21.7 Å². The van der Waals surface area contributed by atoms with Crippen molar-refractivity contribution in [3.8, 4) is 0 Å². The summed E-state index contributed by atoms with van der Waals surface area (Å²) in [6.07, 6.45) is 1.04. The number of pyridine rings is 1. The van der Waals surface area contributed by atoms with Gasteiger partial charge in [-0.05, 0) is 29.5 Å². The summed E-state index contributed by atoms with van der Waals surface area (Å²) in [5.74, 6) is 0.924. The third kappa shape index (κ3) is 2.46. The topological polar surface area (TPSA) is 28.2 Å². The molecule has 0 radical (unpaired) electrons. The van der Waals surface area contributed by atoms with E-state index in [1.54, 1.807) is 0 Å². The van der Waals surface area contributed by atoms with Crippen molar-refractivity contribution in [2.45, 2.75) is 25.7 Å². The summed E-state index contributed by atoms with van der Waals surface area (Å²) in [6.45, 7) is 5.50. The first-order valence-electron chi connectivity index (χ1n) is 9.61. The molecule has 0 spiro atoms. The van der Waals surface area contributed by atoms with Crippen molar-refractivity contribution in [3.63, 3.8) is 0 Å². The van der Waals surface area contributed by atoms with Gasteiger partial charge in [-0.15, -0.1) is 0 Å². The lowest BCUT2D eigenvalue weighted by atomic mass is 9.78. The summed E-state index contributed by atoms with van der Waals surface area (Å²) in [4.78, 5) is 5.11. The molecule has 3 heteroatoms. The molecule has 3 aromatic carbocycles. The van der Waals surface area contributed by atoms with Gasteiger partial charge in [-0.3, -0.25) is 10.4 Å². The Morgan fingerprint density at radius 2 is 1.59 bits per heavy atom. The zero-order valence-corrected chi connectivity index (χ0v) is 15.7. The molecule has 3 nitrogen and oxygen atoms in total. The highest BCUT2D eigenvalue weighted by Crippen LogP contribution is 2.40. The van der Waals surface area contributed by atoms with Crippen LogP contribution in [0.15, 0.2) is 72.8 Å². The van der Waals surface area contributed by atoms with E-state index < -0.39 is 0 Å². The molecule has 0 amide bonds. The molecule has 2 bridgehead atoms. The Kier molecular flexibility index (Phi) is 3.57. The molecule has 0 aliphatic carbocycles. The molecule has 1 atom stereocenters. The molecule has 5 rings (SSSR count). The molecule has 0 fully saturated rings. The van der Waals surface area contributed by atoms with Crippen molar-refractivity contribution in [2.24, 2.45) is 0 Å². The normalized spacial score (nSPS) is 19.1. The van der Waals surface area contributed by atoms with Crippen molar-refractivity contribution in [1.82, 2.24) is 4.98 Å². The maximum Gasteiger partial charge on any atom is 0.153 e. The van der Waals surface area contributed by atoms with E-state index in [0.29, 0.717) is 0 Å². The van der Waals surface area contributed by atoms with Gasteiger partial charge >= 0.3 is 0 Å². The molecule has 27 heavy (non-hydrogen) atoms. The first-order chi connectivity index (χ1) is 13.2. The number of anilines is 2. The third-order valence-electron chi connectivity index (χ3n) is 5.98. The number of aromatic nitrogens is 1. The van der Waals surface area contributed by atoms with E-state index in [4.69, 9.17) is 4.98 Å². The van der Waals surface area contributed by atoms with Crippen molar-refractivity contribution in [1.29, 1.82) is 0 Å². The number of nitrogens with one attached hydrogen (secondary N) is 1. The van der Waals surface area contributed by atoms with E-state index in [1.807, 2.05) is 0 Å². The van der Waals surface area contributed by atoms with Crippen LogP contribution in [0.4, 0.5) is 11.5 Å². The minimum absolute atomic E-state index is 0.00447. The van der Waals surface area contributed by atoms with Crippen LogP contribution in [-0.4, -0.2) is 11.5 Å². The average molecular weight is 353 g/mol. The van der Waals surface area contributed by atoms with Crippen LogP contribution in [0.5, 0.6) is 0 Å². The summed E-state index contributed by atoms with van der Waals surface area (Å²) in [7, 11) is 0. The molecule has 1 N–H and O–H groups in total. The standard InChI is InChI=1S/C24H23N3/c1-3-24(2)16-27(17-10-5-4-6-11-17)26-23-20-13-8-7-12-18(20)19-14-9-15-21(24)22(19)25-23/h4-15H,3,16H2,1-2H3,(H,25,26). The van der Waals surface area contributed by atoms with Gasteiger partial charge in [0.05, 0.1) is 11.2 Å². The van der Waals surface area contributed by atoms with E-state index in [1.165, 1.54) is 16.3 Å². The van der Waals surface area contributed by atoms with Gasteiger partial charge in [-0.1, -0.05) is 74.5 Å². The Bertz CT molecular complexity index is 1140. The van der Waals surface area contributed by atoms with E-state index >= 15 is 0 Å². The van der Waals surface area contributed by atoms with Gasteiger partial charge in [0.1, 0.15) is 0 Å². The quantitative estimate of drug-likeness (QED) is 0.455. The Labute approximate surface area is 159 Å². The molecule has 1 aliphatic rings. The van der Waals surface area contributed by atoms with Crippen molar-refractivity contribution in [3.05, 3.63) is 78.4 Å². The van der Waals surface area contributed by atoms with Crippen LogP contribution >= 0.6 is 0 Å². The fourth-order valence-electron chi connectivity index (χ4n) is 4.22. The van der Waals surface area contributed by atoms with Gasteiger partial charge in [0, 0.05) is 22.7 Å². The van der Waals surface area contributed by atoms with Gasteiger partial charge in [-0.2, -0.15) is 0 Å². The highest BCUT2D eigenvalue weighted by Gasteiger charge is 2.32. The smallest absolute Gasteiger partial charge is 0.153 e. The molecule has 0 saturated carbocycles. The van der Waals surface area contributed by atoms with Crippen LogP contribution in [0.1, 0.15) is 25.8 Å². The lowest BCUT2D eigenvalue weighted by Gasteiger charge is -2.39. The predicted octanol–water partition coefficient (Wildman–Crippen LogP) is 5.90. The lowest BCUT2D eigenvalue weighted by Crippen LogP contribution is -2.43. The van der Waals surface area contributed by atoms with Gasteiger partial charge in [0.25, 0.3) is 0 Å². The molecule has 1 aliphatic heterocycles. The number of benzene rings is 3. The SMILES string of the molecule is CCC1(C)CN(c2ccccc2)Nc2nc3c1cccc3c1ccccc21. The summed E-state index contributed by atoms with van der Waals surface area (Å²) in [6, 6.07) is 25.7. The van der Waals surface area contributed by atoms with E-state index in [-0.39, 0.29) is 5.41 Å². The van der Waals surface area contributed by atoms with Crippen molar-refractivity contribution >= 4 is 33.2 Å². The maximum atomic E-state index is 5.11. The fraction of sp³-hybridized carbons (Fsp3) is 0.208. The van der Waals surface area contributed by atoms with E-state index in [0.717, 1.165) is 35.4 Å². The van der Waals surface area contributed by atoms with Gasteiger partial charge in [-0.25, -0.2) is 4.98 Å². The summed E-state index contributed by atoms with van der Waals surface area (Å²) < 4.78 is 0. The Morgan fingerprint density at radius 3 is 2.37 bits per heavy atom. The molecular formula is C24H23N3. The van der Waals surface area contributed by atoms with E-state index in [2.05, 4.69) is 97.1 Å². The zero-order chi connectivity index (χ0) is 18.4. The number of rotatable bonds is 2. The van der Waals surface area contributed by atoms with E-state index in [9.17, 15) is 0 Å². The highest BCUT2D eigenvalue weighted by molar-refractivity contribution is 6.11. The first-order valence-corrected chi connectivity index (χ1v) is 9.61. The van der Waals surface area contributed by atoms with Crippen LogP contribution in [0.3, 0.4) is 0 Å². The Morgan fingerprint density at radius 1 is 0.889 bits per heavy atom. The largest absolute Gasteiger partial charge is 0.286 e. The first kappa shape index (κ1) is 16.1. The Balaban J connectivity index is 1.85. The monoisotopic (exact) mass is 353 g/mol. The number of hydrogen-bond acceptors (Lipinski definition) is 3. The number of fused-ring (bicyclic) bond motifs is 4. The molecular weight excluding hydrogens is 330 g/mol. The molecule has 134 valence electrons. The number of nitrogens with zero attached hydrogens (tertiary/aromatic N) is 2.